The molecule has 0 aromatic carbocycles. The molecule has 140 valence electrons. The van der Waals surface area contributed by atoms with E-state index in [1.165, 1.54) is 12.7 Å². The molecule has 2 saturated heterocycles. The van der Waals surface area contributed by atoms with Gasteiger partial charge in [0.25, 0.3) is 5.91 Å². The number of piperazine rings is 1. The van der Waals surface area contributed by atoms with Crippen molar-refractivity contribution in [3.63, 3.8) is 0 Å². The minimum absolute atomic E-state index is 0.0745. The van der Waals surface area contributed by atoms with Crippen LogP contribution in [-0.4, -0.2) is 71.7 Å². The summed E-state index contributed by atoms with van der Waals surface area (Å²) in [6, 6.07) is 3.35. The number of nitrogens with zero attached hydrogens (tertiary/aromatic N) is 3. The van der Waals surface area contributed by atoms with E-state index in [9.17, 15) is 14.4 Å². The summed E-state index contributed by atoms with van der Waals surface area (Å²) < 4.78 is 5.16. The topological polar surface area (TPSA) is 74.1 Å². The first kappa shape index (κ1) is 17.1. The van der Waals surface area contributed by atoms with Crippen molar-refractivity contribution in [2.75, 3.05) is 39.3 Å². The third kappa shape index (κ3) is 3.34. The number of carbonyl (C=O) groups excluding carboxylic acids is 3. The fraction of sp³-hybridized carbons (Fsp3) is 0.632. The second-order valence-electron chi connectivity index (χ2n) is 7.43. The van der Waals surface area contributed by atoms with Gasteiger partial charge in [-0.15, -0.1) is 0 Å². The fourth-order valence-corrected chi connectivity index (χ4v) is 4.01. The number of furan rings is 1. The summed E-state index contributed by atoms with van der Waals surface area (Å²) >= 11 is 0. The molecule has 3 amide bonds. The summed E-state index contributed by atoms with van der Waals surface area (Å²) in [6.45, 7) is 3.72. The van der Waals surface area contributed by atoms with Crippen LogP contribution in [0.5, 0.6) is 0 Å². The van der Waals surface area contributed by atoms with E-state index in [-0.39, 0.29) is 29.6 Å². The standard InChI is InChI=1S/C19H25N3O4/c23-17(20-6-2-1-3-7-20)14-13-15(14)18(24)21-8-10-22(11-9-21)19(25)16-5-4-12-26-16/h4-5,12,14-15H,1-3,6-11,13H2. The van der Waals surface area contributed by atoms with Gasteiger partial charge in [0.15, 0.2) is 5.76 Å². The van der Waals surface area contributed by atoms with Crippen LogP contribution in [0.3, 0.4) is 0 Å². The Bertz CT molecular complexity index is 673. The van der Waals surface area contributed by atoms with E-state index in [4.69, 9.17) is 4.42 Å². The third-order valence-corrected chi connectivity index (χ3v) is 5.70. The molecule has 7 heteroatoms. The monoisotopic (exact) mass is 359 g/mol. The lowest BCUT2D eigenvalue weighted by Gasteiger charge is -2.34. The van der Waals surface area contributed by atoms with Crippen molar-refractivity contribution in [2.24, 2.45) is 11.8 Å². The maximum absolute atomic E-state index is 12.7. The maximum Gasteiger partial charge on any atom is 0.289 e. The Hall–Kier alpha value is -2.31. The zero-order valence-corrected chi connectivity index (χ0v) is 14.9. The zero-order valence-electron chi connectivity index (χ0n) is 14.9. The molecular weight excluding hydrogens is 334 g/mol. The average molecular weight is 359 g/mol. The van der Waals surface area contributed by atoms with Crippen LogP contribution in [0, 0.1) is 11.8 Å². The molecule has 2 aliphatic heterocycles. The van der Waals surface area contributed by atoms with Gasteiger partial charge < -0.3 is 19.1 Å². The van der Waals surface area contributed by atoms with E-state index in [2.05, 4.69) is 0 Å². The van der Waals surface area contributed by atoms with E-state index in [0.29, 0.717) is 38.4 Å². The van der Waals surface area contributed by atoms with Gasteiger partial charge >= 0.3 is 0 Å². The molecule has 26 heavy (non-hydrogen) atoms. The number of hydrogen-bond donors (Lipinski definition) is 0. The first-order valence-electron chi connectivity index (χ1n) is 9.55. The van der Waals surface area contributed by atoms with E-state index >= 15 is 0 Å². The van der Waals surface area contributed by atoms with Crippen LogP contribution < -0.4 is 0 Å². The highest BCUT2D eigenvalue weighted by atomic mass is 16.3. The lowest BCUT2D eigenvalue weighted by atomic mass is 10.1. The van der Waals surface area contributed by atoms with Crippen LogP contribution in [0.1, 0.15) is 36.2 Å². The molecule has 0 N–H and O–H groups in total. The second kappa shape index (κ2) is 7.13. The first-order chi connectivity index (χ1) is 12.6. The molecule has 3 fully saturated rings. The molecule has 1 saturated carbocycles. The summed E-state index contributed by atoms with van der Waals surface area (Å²) in [4.78, 5) is 42.9. The van der Waals surface area contributed by atoms with Crippen LogP contribution in [-0.2, 0) is 9.59 Å². The Morgan fingerprint density at radius 3 is 1.96 bits per heavy atom. The lowest BCUT2D eigenvalue weighted by Crippen LogP contribution is -2.51. The van der Waals surface area contributed by atoms with Crippen molar-refractivity contribution in [1.82, 2.24) is 14.7 Å². The molecule has 2 unspecified atom stereocenters. The summed E-state index contributed by atoms with van der Waals surface area (Å²) in [5.41, 5.74) is 0. The molecule has 2 atom stereocenters. The van der Waals surface area contributed by atoms with Crippen LogP contribution in [0.15, 0.2) is 22.8 Å². The second-order valence-corrected chi connectivity index (χ2v) is 7.43. The summed E-state index contributed by atoms with van der Waals surface area (Å²) in [7, 11) is 0. The van der Waals surface area contributed by atoms with E-state index in [1.807, 2.05) is 4.90 Å². The molecule has 1 aliphatic carbocycles. The predicted molar refractivity (Wildman–Crippen MR) is 93.2 cm³/mol. The number of likely N-dealkylation sites (tertiary alicyclic amines) is 1. The normalized spacial score (nSPS) is 25.9. The Morgan fingerprint density at radius 2 is 1.38 bits per heavy atom. The Kier molecular flexibility index (Phi) is 4.70. The molecule has 4 rings (SSSR count). The Labute approximate surface area is 152 Å². The largest absolute Gasteiger partial charge is 0.459 e. The van der Waals surface area contributed by atoms with Gasteiger partial charge in [-0.1, -0.05) is 0 Å². The lowest BCUT2D eigenvalue weighted by molar-refractivity contribution is -0.139. The van der Waals surface area contributed by atoms with Gasteiger partial charge in [-0.25, -0.2) is 0 Å². The van der Waals surface area contributed by atoms with Gasteiger partial charge in [-0.3, -0.25) is 14.4 Å². The molecule has 3 aliphatic rings. The van der Waals surface area contributed by atoms with Crippen molar-refractivity contribution in [3.05, 3.63) is 24.2 Å². The van der Waals surface area contributed by atoms with Crippen LogP contribution in [0.4, 0.5) is 0 Å². The number of amides is 3. The van der Waals surface area contributed by atoms with Crippen molar-refractivity contribution >= 4 is 17.7 Å². The van der Waals surface area contributed by atoms with Gasteiger partial charge in [0.2, 0.25) is 11.8 Å². The molecule has 0 radical (unpaired) electrons. The quantitative estimate of drug-likeness (QED) is 0.813. The van der Waals surface area contributed by atoms with Crippen LogP contribution in [0.2, 0.25) is 0 Å². The van der Waals surface area contributed by atoms with Crippen LogP contribution in [0.25, 0.3) is 0 Å². The number of piperidine rings is 1. The summed E-state index contributed by atoms with van der Waals surface area (Å²) in [5.74, 6) is 0.158. The van der Waals surface area contributed by atoms with Gasteiger partial charge in [0.05, 0.1) is 18.1 Å². The van der Waals surface area contributed by atoms with E-state index in [1.54, 1.807) is 21.9 Å². The minimum atomic E-state index is -0.156. The molecule has 1 aromatic rings. The highest BCUT2D eigenvalue weighted by Crippen LogP contribution is 2.42. The fourth-order valence-electron chi connectivity index (χ4n) is 4.01. The Morgan fingerprint density at radius 1 is 0.808 bits per heavy atom. The summed E-state index contributed by atoms with van der Waals surface area (Å²) in [5, 5.41) is 0. The van der Waals surface area contributed by atoms with Crippen molar-refractivity contribution in [2.45, 2.75) is 25.7 Å². The molecular formula is C19H25N3O4. The highest BCUT2D eigenvalue weighted by Gasteiger charge is 2.51. The molecule has 3 heterocycles. The van der Waals surface area contributed by atoms with Crippen molar-refractivity contribution in [3.8, 4) is 0 Å². The molecule has 0 bridgehead atoms. The van der Waals surface area contributed by atoms with Crippen LogP contribution >= 0.6 is 0 Å². The first-order valence-corrected chi connectivity index (χ1v) is 9.55. The van der Waals surface area contributed by atoms with Crippen molar-refractivity contribution in [1.29, 1.82) is 0 Å². The average Bonchev–Trinajstić information content (AvgIpc) is 3.31. The SMILES string of the molecule is O=C(c1ccco1)N1CCN(C(=O)C2CC2C(=O)N2CCCCC2)CC1. The van der Waals surface area contributed by atoms with Gasteiger partial charge in [0, 0.05) is 39.3 Å². The van der Waals surface area contributed by atoms with E-state index in [0.717, 1.165) is 25.9 Å². The highest BCUT2D eigenvalue weighted by molar-refractivity contribution is 5.93. The zero-order chi connectivity index (χ0) is 18.1. The van der Waals surface area contributed by atoms with Gasteiger partial charge in [-0.05, 0) is 37.8 Å². The molecule has 7 nitrogen and oxygen atoms in total. The Balaban J connectivity index is 1.27. The maximum atomic E-state index is 12.7. The molecule has 1 aromatic heterocycles. The smallest absolute Gasteiger partial charge is 0.289 e. The third-order valence-electron chi connectivity index (χ3n) is 5.70. The number of rotatable bonds is 3. The van der Waals surface area contributed by atoms with E-state index < -0.39 is 0 Å². The molecule has 0 spiro atoms. The number of carbonyl (C=O) groups is 3. The van der Waals surface area contributed by atoms with Gasteiger partial charge in [0.1, 0.15) is 0 Å². The van der Waals surface area contributed by atoms with Gasteiger partial charge in [-0.2, -0.15) is 0 Å². The minimum Gasteiger partial charge on any atom is -0.459 e. The predicted octanol–water partition coefficient (Wildman–Crippen LogP) is 1.21. The summed E-state index contributed by atoms with van der Waals surface area (Å²) in [6.07, 6.45) is 5.50. The number of hydrogen-bond acceptors (Lipinski definition) is 4. The van der Waals surface area contributed by atoms with Crippen molar-refractivity contribution < 1.29 is 18.8 Å².